The van der Waals surface area contributed by atoms with Crippen molar-refractivity contribution in [1.29, 1.82) is 0 Å². The molecule has 2 aromatic rings. The summed E-state index contributed by atoms with van der Waals surface area (Å²) in [5.74, 6) is 1.49. The topological polar surface area (TPSA) is 82.4 Å². The van der Waals surface area contributed by atoms with Crippen molar-refractivity contribution in [2.45, 2.75) is 32.8 Å². The summed E-state index contributed by atoms with van der Waals surface area (Å²) in [4.78, 5) is 23.2. The predicted molar refractivity (Wildman–Crippen MR) is 90.8 cm³/mol. The van der Waals surface area contributed by atoms with Crippen molar-refractivity contribution in [3.63, 3.8) is 0 Å². The van der Waals surface area contributed by atoms with Gasteiger partial charge in [0.25, 0.3) is 5.91 Å². The van der Waals surface area contributed by atoms with Crippen LogP contribution in [-0.2, 0) is 7.05 Å². The van der Waals surface area contributed by atoms with Gasteiger partial charge in [-0.2, -0.15) is 4.98 Å². The van der Waals surface area contributed by atoms with Gasteiger partial charge in [-0.05, 0) is 26.7 Å². The lowest BCUT2D eigenvalue weighted by molar-refractivity contribution is 0.0524. The molecule has 1 amide bonds. The quantitative estimate of drug-likeness (QED) is 0.835. The summed E-state index contributed by atoms with van der Waals surface area (Å²) < 4.78 is 12.8. The third-order valence-corrected chi connectivity index (χ3v) is 4.11. The van der Waals surface area contributed by atoms with Gasteiger partial charge in [-0.1, -0.05) is 0 Å². The Kier molecular flexibility index (Phi) is 4.87. The lowest BCUT2D eigenvalue weighted by Crippen LogP contribution is -2.44. The van der Waals surface area contributed by atoms with Gasteiger partial charge in [0, 0.05) is 31.5 Å². The van der Waals surface area contributed by atoms with Gasteiger partial charge in [-0.15, -0.1) is 5.10 Å². The molecule has 3 rings (SSSR count). The second-order valence-corrected chi connectivity index (χ2v) is 6.25. The van der Waals surface area contributed by atoms with E-state index in [4.69, 9.17) is 9.47 Å². The van der Waals surface area contributed by atoms with Gasteiger partial charge in [0.15, 0.2) is 0 Å². The van der Waals surface area contributed by atoms with E-state index in [0.717, 1.165) is 18.5 Å². The van der Waals surface area contributed by atoms with Crippen molar-refractivity contribution in [3.05, 3.63) is 29.3 Å². The van der Waals surface area contributed by atoms with E-state index >= 15 is 0 Å². The van der Waals surface area contributed by atoms with Crippen LogP contribution in [0.5, 0.6) is 11.8 Å². The Morgan fingerprint density at radius 1 is 1.32 bits per heavy atom. The molecule has 134 valence electrons. The van der Waals surface area contributed by atoms with Crippen molar-refractivity contribution in [2.75, 3.05) is 20.2 Å². The van der Waals surface area contributed by atoms with Crippen molar-refractivity contribution in [3.8, 4) is 11.8 Å². The molecule has 8 nitrogen and oxygen atoms in total. The molecule has 0 radical (unpaired) electrons. The highest BCUT2D eigenvalue weighted by molar-refractivity contribution is 5.96. The van der Waals surface area contributed by atoms with Gasteiger partial charge < -0.3 is 14.4 Å². The first-order valence-corrected chi connectivity index (χ1v) is 8.32. The highest BCUT2D eigenvalue weighted by Gasteiger charge is 2.29. The lowest BCUT2D eigenvalue weighted by Gasteiger charge is -2.32. The third kappa shape index (κ3) is 3.89. The van der Waals surface area contributed by atoms with E-state index in [1.165, 1.54) is 7.11 Å². The van der Waals surface area contributed by atoms with E-state index in [-0.39, 0.29) is 12.0 Å². The van der Waals surface area contributed by atoms with Crippen LogP contribution in [0.1, 0.15) is 34.7 Å². The van der Waals surface area contributed by atoms with Gasteiger partial charge in [0.1, 0.15) is 17.5 Å². The summed E-state index contributed by atoms with van der Waals surface area (Å²) in [5, 5.41) is 4.15. The van der Waals surface area contributed by atoms with Crippen LogP contribution in [0, 0.1) is 13.8 Å². The number of hydrogen-bond donors (Lipinski definition) is 0. The Morgan fingerprint density at radius 3 is 2.84 bits per heavy atom. The Labute approximate surface area is 146 Å². The van der Waals surface area contributed by atoms with Gasteiger partial charge in [0.2, 0.25) is 11.8 Å². The summed E-state index contributed by atoms with van der Waals surface area (Å²) in [7, 11) is 3.28. The maximum atomic E-state index is 12.8. The zero-order chi connectivity index (χ0) is 18.0. The van der Waals surface area contributed by atoms with E-state index in [9.17, 15) is 4.79 Å². The molecule has 0 N–H and O–H groups in total. The second-order valence-electron chi connectivity index (χ2n) is 6.25. The van der Waals surface area contributed by atoms with Gasteiger partial charge >= 0.3 is 0 Å². The number of amides is 1. The highest BCUT2D eigenvalue weighted by Crippen LogP contribution is 2.22. The average molecular weight is 345 g/mol. The van der Waals surface area contributed by atoms with Crippen molar-refractivity contribution < 1.29 is 14.3 Å². The van der Waals surface area contributed by atoms with Gasteiger partial charge in [-0.25, -0.2) is 4.98 Å². The van der Waals surface area contributed by atoms with Crippen LogP contribution in [0.2, 0.25) is 0 Å². The lowest BCUT2D eigenvalue weighted by atomic mass is 10.1. The summed E-state index contributed by atoms with van der Waals surface area (Å²) in [6.07, 6.45) is 3.36. The molecule has 1 aliphatic rings. The molecule has 8 heteroatoms. The van der Waals surface area contributed by atoms with Crippen LogP contribution in [0.25, 0.3) is 0 Å². The normalized spacial score (nSPS) is 17.4. The van der Waals surface area contributed by atoms with Crippen LogP contribution < -0.4 is 9.47 Å². The van der Waals surface area contributed by atoms with Crippen molar-refractivity contribution in [1.82, 2.24) is 24.6 Å². The highest BCUT2D eigenvalue weighted by atomic mass is 16.5. The smallest absolute Gasteiger partial charge is 0.261 e. The molecule has 1 aliphatic heterocycles. The molecule has 0 aromatic carbocycles. The number of rotatable bonds is 4. The first kappa shape index (κ1) is 17.2. The summed E-state index contributed by atoms with van der Waals surface area (Å²) in [5.41, 5.74) is 1.34. The van der Waals surface area contributed by atoms with Gasteiger partial charge in [0.05, 0.1) is 13.7 Å². The fraction of sp³-hybridized carbons (Fsp3) is 0.529. The number of carbonyl (C=O) groups is 1. The molecule has 1 saturated heterocycles. The van der Waals surface area contributed by atoms with Crippen LogP contribution >= 0.6 is 0 Å². The van der Waals surface area contributed by atoms with E-state index in [1.54, 1.807) is 22.8 Å². The number of likely N-dealkylation sites (tertiary alicyclic amines) is 1. The third-order valence-electron chi connectivity index (χ3n) is 4.11. The van der Waals surface area contributed by atoms with E-state index in [1.807, 2.05) is 19.9 Å². The van der Waals surface area contributed by atoms with Crippen LogP contribution in [0.3, 0.4) is 0 Å². The zero-order valence-corrected chi connectivity index (χ0v) is 15.0. The minimum absolute atomic E-state index is 0.0888. The average Bonchev–Trinajstić information content (AvgIpc) is 2.94. The molecule has 0 aliphatic carbocycles. The summed E-state index contributed by atoms with van der Waals surface area (Å²) in [6.45, 7) is 4.95. The van der Waals surface area contributed by atoms with Crippen LogP contribution in [0.4, 0.5) is 0 Å². The fourth-order valence-corrected chi connectivity index (χ4v) is 3.07. The zero-order valence-electron chi connectivity index (χ0n) is 15.0. The molecule has 1 fully saturated rings. The summed E-state index contributed by atoms with van der Waals surface area (Å²) in [6, 6.07) is 1.82. The molecule has 25 heavy (non-hydrogen) atoms. The maximum absolute atomic E-state index is 12.8. The minimum atomic E-state index is -0.0895. The molecule has 0 saturated carbocycles. The molecular formula is C17H23N5O3. The van der Waals surface area contributed by atoms with E-state index in [2.05, 4.69) is 15.1 Å². The Balaban J connectivity index is 1.71. The van der Waals surface area contributed by atoms with E-state index in [0.29, 0.717) is 36.2 Å². The molecule has 1 atom stereocenters. The molecule has 0 unspecified atom stereocenters. The first-order valence-electron chi connectivity index (χ1n) is 8.32. The summed E-state index contributed by atoms with van der Waals surface area (Å²) >= 11 is 0. The number of hydrogen-bond acceptors (Lipinski definition) is 6. The molecule has 3 heterocycles. The number of aryl methyl sites for hydroxylation is 3. The maximum Gasteiger partial charge on any atom is 0.261 e. The Bertz CT molecular complexity index is 753. The van der Waals surface area contributed by atoms with Crippen molar-refractivity contribution >= 4 is 5.91 Å². The molecule has 0 spiro atoms. The van der Waals surface area contributed by atoms with E-state index < -0.39 is 0 Å². The number of nitrogens with zero attached hydrogens (tertiary/aromatic N) is 5. The first-order chi connectivity index (χ1) is 12.0. The Hall–Kier alpha value is -2.64. The molecular weight excluding hydrogens is 322 g/mol. The number of piperidine rings is 1. The van der Waals surface area contributed by atoms with Crippen LogP contribution in [0.15, 0.2) is 12.3 Å². The predicted octanol–water partition coefficient (Wildman–Crippen LogP) is 1.52. The number of aromatic nitrogens is 4. The number of ether oxygens (including phenoxy) is 2. The van der Waals surface area contributed by atoms with Gasteiger partial charge in [-0.3, -0.25) is 9.48 Å². The largest absolute Gasteiger partial charge is 0.479 e. The Morgan fingerprint density at radius 2 is 2.12 bits per heavy atom. The fourth-order valence-electron chi connectivity index (χ4n) is 3.07. The SMILES string of the molecule is COc1nn(C)cc1C(=O)N1CCC[C@H](Oc2cc(C)nc(C)n2)C1. The number of carbonyl (C=O) groups excluding carboxylic acids is 1. The van der Waals surface area contributed by atoms with Crippen molar-refractivity contribution in [2.24, 2.45) is 7.05 Å². The molecule has 0 bridgehead atoms. The van der Waals surface area contributed by atoms with Crippen LogP contribution in [-0.4, -0.2) is 56.9 Å². The molecule has 2 aromatic heterocycles. The monoisotopic (exact) mass is 345 g/mol. The minimum Gasteiger partial charge on any atom is -0.479 e. The standard InChI is InChI=1S/C17H23N5O3/c1-11-8-15(19-12(2)18-11)25-13-6-5-7-22(9-13)17(23)14-10-21(3)20-16(14)24-4/h8,10,13H,5-7,9H2,1-4H3/t13-/m0/s1. The number of methoxy groups -OCH3 is 1. The second kappa shape index (κ2) is 7.08.